The van der Waals surface area contributed by atoms with Crippen LogP contribution in [0.3, 0.4) is 0 Å². The number of benzene rings is 1. The Morgan fingerprint density at radius 3 is 2.58 bits per heavy atom. The lowest BCUT2D eigenvalue weighted by Crippen LogP contribution is -2.21. The van der Waals surface area contributed by atoms with E-state index in [4.69, 9.17) is 5.73 Å². The maximum Gasteiger partial charge on any atom is 0.128 e. The van der Waals surface area contributed by atoms with E-state index in [9.17, 15) is 4.39 Å². The summed E-state index contributed by atoms with van der Waals surface area (Å²) in [7, 11) is 1.83. The standard InChI is InChI=1S/C15H18FN3/c1-9-4-5-11(16)8-12(9)14(18-3)13-10(2)6-7-19-15(13)17/h4-8,14,18H,1-3H3,(H2,17,19). The number of aromatic nitrogens is 1. The number of hydrogen-bond acceptors (Lipinski definition) is 3. The lowest BCUT2D eigenvalue weighted by atomic mass is 9.92. The van der Waals surface area contributed by atoms with Crippen molar-refractivity contribution >= 4 is 5.82 Å². The van der Waals surface area contributed by atoms with Gasteiger partial charge in [0.25, 0.3) is 0 Å². The molecule has 0 aliphatic rings. The zero-order valence-electron chi connectivity index (χ0n) is 11.4. The van der Waals surface area contributed by atoms with Crippen molar-refractivity contribution in [1.82, 2.24) is 10.3 Å². The molecule has 0 fully saturated rings. The summed E-state index contributed by atoms with van der Waals surface area (Å²) in [6.07, 6.45) is 1.68. The van der Waals surface area contributed by atoms with Gasteiger partial charge in [-0.25, -0.2) is 9.37 Å². The first-order chi connectivity index (χ1) is 9.04. The molecule has 1 heterocycles. The van der Waals surface area contributed by atoms with Crippen molar-refractivity contribution < 1.29 is 4.39 Å². The predicted molar refractivity (Wildman–Crippen MR) is 75.4 cm³/mol. The number of anilines is 1. The number of nitrogens with zero attached hydrogens (tertiary/aromatic N) is 1. The Morgan fingerprint density at radius 1 is 1.21 bits per heavy atom. The van der Waals surface area contributed by atoms with E-state index < -0.39 is 0 Å². The zero-order valence-corrected chi connectivity index (χ0v) is 11.4. The summed E-state index contributed by atoms with van der Waals surface area (Å²) >= 11 is 0. The number of nitrogen functional groups attached to an aromatic ring is 1. The molecule has 0 amide bonds. The van der Waals surface area contributed by atoms with Crippen molar-refractivity contribution in [1.29, 1.82) is 0 Å². The number of pyridine rings is 1. The number of halogens is 1. The van der Waals surface area contributed by atoms with Crippen molar-refractivity contribution in [3.63, 3.8) is 0 Å². The molecule has 1 aromatic heterocycles. The smallest absolute Gasteiger partial charge is 0.128 e. The maximum atomic E-state index is 13.5. The minimum absolute atomic E-state index is 0.163. The Kier molecular flexibility index (Phi) is 3.81. The third-order valence-corrected chi connectivity index (χ3v) is 3.37. The Labute approximate surface area is 112 Å². The Morgan fingerprint density at radius 2 is 1.95 bits per heavy atom. The van der Waals surface area contributed by atoms with E-state index in [2.05, 4.69) is 10.3 Å². The third kappa shape index (κ3) is 2.58. The SMILES string of the molecule is CNC(c1cc(F)ccc1C)c1c(C)ccnc1N. The molecule has 0 saturated carbocycles. The first-order valence-electron chi connectivity index (χ1n) is 6.19. The van der Waals surface area contributed by atoms with Crippen molar-refractivity contribution in [2.45, 2.75) is 19.9 Å². The summed E-state index contributed by atoms with van der Waals surface area (Å²) in [6, 6.07) is 6.53. The first kappa shape index (κ1) is 13.5. The summed E-state index contributed by atoms with van der Waals surface area (Å²) in [6.45, 7) is 3.94. The van der Waals surface area contributed by atoms with E-state index in [0.29, 0.717) is 5.82 Å². The van der Waals surface area contributed by atoms with Crippen molar-refractivity contribution in [3.05, 3.63) is 58.5 Å². The highest BCUT2D eigenvalue weighted by Crippen LogP contribution is 2.30. The Balaban J connectivity index is 2.59. The first-order valence-corrected chi connectivity index (χ1v) is 6.19. The molecule has 3 nitrogen and oxygen atoms in total. The second-order valence-corrected chi connectivity index (χ2v) is 4.65. The van der Waals surface area contributed by atoms with E-state index in [1.807, 2.05) is 27.0 Å². The molecule has 1 aromatic carbocycles. The molecule has 1 unspecified atom stereocenters. The molecule has 19 heavy (non-hydrogen) atoms. The van der Waals surface area contributed by atoms with Crippen molar-refractivity contribution in [2.75, 3.05) is 12.8 Å². The summed E-state index contributed by atoms with van der Waals surface area (Å²) in [5.74, 6) is 0.226. The number of hydrogen-bond donors (Lipinski definition) is 2. The molecule has 2 aromatic rings. The van der Waals surface area contributed by atoms with Gasteiger partial charge in [-0.05, 0) is 55.8 Å². The van der Waals surface area contributed by atoms with Gasteiger partial charge < -0.3 is 11.1 Å². The molecular weight excluding hydrogens is 241 g/mol. The van der Waals surface area contributed by atoms with Gasteiger partial charge in [0.05, 0.1) is 6.04 Å². The molecule has 0 radical (unpaired) electrons. The monoisotopic (exact) mass is 259 g/mol. The summed E-state index contributed by atoms with van der Waals surface area (Å²) in [5.41, 5.74) is 9.81. The molecule has 0 aliphatic heterocycles. The van der Waals surface area contributed by atoms with Gasteiger partial charge in [-0.3, -0.25) is 0 Å². The minimum atomic E-state index is -0.249. The molecule has 0 saturated heterocycles. The third-order valence-electron chi connectivity index (χ3n) is 3.37. The van der Waals surface area contributed by atoms with E-state index in [1.165, 1.54) is 6.07 Å². The largest absolute Gasteiger partial charge is 0.383 e. The second kappa shape index (κ2) is 5.36. The van der Waals surface area contributed by atoms with E-state index >= 15 is 0 Å². The van der Waals surface area contributed by atoms with Crippen LogP contribution < -0.4 is 11.1 Å². The van der Waals surface area contributed by atoms with Gasteiger partial charge in [0.1, 0.15) is 11.6 Å². The number of nitrogens with two attached hydrogens (primary N) is 1. The molecule has 1 atom stereocenters. The van der Waals surface area contributed by atoms with Gasteiger partial charge >= 0.3 is 0 Å². The van der Waals surface area contributed by atoms with Crippen molar-refractivity contribution in [3.8, 4) is 0 Å². The molecule has 0 bridgehead atoms. The summed E-state index contributed by atoms with van der Waals surface area (Å²) in [4.78, 5) is 4.13. The Bertz CT molecular complexity index is 576. The fraction of sp³-hybridized carbons (Fsp3) is 0.267. The normalized spacial score (nSPS) is 12.4. The van der Waals surface area contributed by atoms with E-state index in [1.54, 1.807) is 18.3 Å². The molecule has 3 N–H and O–H groups in total. The Hall–Kier alpha value is -1.94. The van der Waals surface area contributed by atoms with Gasteiger partial charge in [0.2, 0.25) is 0 Å². The zero-order chi connectivity index (χ0) is 14.0. The van der Waals surface area contributed by atoms with Gasteiger partial charge in [0.15, 0.2) is 0 Å². The number of aryl methyl sites for hydroxylation is 2. The van der Waals surface area contributed by atoms with Crippen LogP contribution >= 0.6 is 0 Å². The highest BCUT2D eigenvalue weighted by molar-refractivity contribution is 5.51. The molecule has 4 heteroatoms. The average Bonchev–Trinajstić information content (AvgIpc) is 2.37. The molecule has 2 rings (SSSR count). The van der Waals surface area contributed by atoms with Crippen LogP contribution in [0.4, 0.5) is 10.2 Å². The maximum absolute atomic E-state index is 13.5. The topological polar surface area (TPSA) is 50.9 Å². The van der Waals surface area contributed by atoms with Crippen LogP contribution in [0.1, 0.15) is 28.3 Å². The van der Waals surface area contributed by atoms with Crippen LogP contribution in [-0.2, 0) is 0 Å². The molecular formula is C15H18FN3. The van der Waals surface area contributed by atoms with Crippen LogP contribution in [0.5, 0.6) is 0 Å². The summed E-state index contributed by atoms with van der Waals surface area (Å²) in [5, 5.41) is 3.20. The van der Waals surface area contributed by atoms with Crippen molar-refractivity contribution in [2.24, 2.45) is 0 Å². The quantitative estimate of drug-likeness (QED) is 0.891. The minimum Gasteiger partial charge on any atom is -0.383 e. The van der Waals surface area contributed by atoms with Crippen LogP contribution in [0.2, 0.25) is 0 Å². The van der Waals surface area contributed by atoms with E-state index in [0.717, 1.165) is 22.3 Å². The summed E-state index contributed by atoms with van der Waals surface area (Å²) < 4.78 is 13.5. The van der Waals surface area contributed by atoms with Crippen LogP contribution in [-0.4, -0.2) is 12.0 Å². The molecule has 0 aliphatic carbocycles. The van der Waals surface area contributed by atoms with Crippen LogP contribution in [0.15, 0.2) is 30.5 Å². The molecule has 100 valence electrons. The number of nitrogens with one attached hydrogen (secondary N) is 1. The highest BCUT2D eigenvalue weighted by atomic mass is 19.1. The van der Waals surface area contributed by atoms with E-state index in [-0.39, 0.29) is 11.9 Å². The fourth-order valence-corrected chi connectivity index (χ4v) is 2.34. The average molecular weight is 259 g/mol. The lowest BCUT2D eigenvalue weighted by Gasteiger charge is -2.22. The van der Waals surface area contributed by atoms with Gasteiger partial charge in [0, 0.05) is 11.8 Å². The van der Waals surface area contributed by atoms with Gasteiger partial charge in [-0.2, -0.15) is 0 Å². The highest BCUT2D eigenvalue weighted by Gasteiger charge is 2.19. The second-order valence-electron chi connectivity index (χ2n) is 4.65. The van der Waals surface area contributed by atoms with Crippen LogP contribution in [0.25, 0.3) is 0 Å². The van der Waals surface area contributed by atoms with Gasteiger partial charge in [-0.15, -0.1) is 0 Å². The number of rotatable bonds is 3. The molecule has 0 spiro atoms. The van der Waals surface area contributed by atoms with Gasteiger partial charge in [-0.1, -0.05) is 6.07 Å². The predicted octanol–water partition coefficient (Wildman–Crippen LogP) is 2.73. The van der Waals surface area contributed by atoms with Crippen LogP contribution in [0, 0.1) is 19.7 Å². The lowest BCUT2D eigenvalue weighted by molar-refractivity contribution is 0.614. The fourth-order valence-electron chi connectivity index (χ4n) is 2.34.